The molecule has 3 rings (SSSR count). The molecule has 2 aromatic rings. The normalized spacial score (nSPS) is 14.0. The van der Waals surface area contributed by atoms with Gasteiger partial charge in [0, 0.05) is 12.0 Å². The summed E-state index contributed by atoms with van der Waals surface area (Å²) in [5, 5.41) is 13.2. The van der Waals surface area contributed by atoms with Crippen LogP contribution in [0.15, 0.2) is 47.6 Å². The Hall–Kier alpha value is -3.02. The molecule has 0 amide bonds. The number of ether oxygens (including phenoxy) is 2. The molecule has 0 fully saturated rings. The predicted molar refractivity (Wildman–Crippen MR) is 91.3 cm³/mol. The zero-order valence-corrected chi connectivity index (χ0v) is 13.3. The van der Waals surface area contributed by atoms with Crippen LogP contribution in [0.25, 0.3) is 0 Å². The molecule has 0 spiro atoms. The summed E-state index contributed by atoms with van der Waals surface area (Å²) in [4.78, 5) is 10.8. The zero-order valence-electron chi connectivity index (χ0n) is 13.3. The van der Waals surface area contributed by atoms with Gasteiger partial charge in [0.2, 0.25) is 0 Å². The minimum Gasteiger partial charge on any atom is -0.490 e. The summed E-state index contributed by atoms with van der Waals surface area (Å²) in [6.07, 6.45) is 0.866. The first kappa shape index (κ1) is 15.9. The van der Waals surface area contributed by atoms with Crippen LogP contribution in [0, 0.1) is 0 Å². The minimum atomic E-state index is -0.951. The first-order valence-corrected chi connectivity index (χ1v) is 7.67. The quantitative estimate of drug-likeness (QED) is 0.665. The van der Waals surface area contributed by atoms with Crippen molar-refractivity contribution in [2.24, 2.45) is 5.10 Å². The third kappa shape index (κ3) is 3.65. The number of rotatable bonds is 4. The molecule has 0 aliphatic carbocycles. The summed E-state index contributed by atoms with van der Waals surface area (Å²) in [7, 11) is 0. The Balaban J connectivity index is 1.73. The maximum absolute atomic E-state index is 10.8. The number of hydrazone groups is 1. The van der Waals surface area contributed by atoms with E-state index in [0.717, 1.165) is 29.2 Å². The van der Waals surface area contributed by atoms with Crippen LogP contribution in [0.1, 0.15) is 29.3 Å². The van der Waals surface area contributed by atoms with Crippen LogP contribution in [0.5, 0.6) is 11.5 Å². The third-order valence-electron chi connectivity index (χ3n) is 3.65. The van der Waals surface area contributed by atoms with Gasteiger partial charge in [-0.05, 0) is 49.4 Å². The molecule has 0 atom stereocenters. The summed E-state index contributed by atoms with van der Waals surface area (Å²) < 4.78 is 11.3. The van der Waals surface area contributed by atoms with Crippen molar-refractivity contribution < 1.29 is 19.4 Å². The lowest BCUT2D eigenvalue weighted by Gasteiger charge is -2.09. The minimum absolute atomic E-state index is 0.240. The number of hydrogen-bond donors (Lipinski definition) is 2. The van der Waals surface area contributed by atoms with E-state index in [-0.39, 0.29) is 5.56 Å². The van der Waals surface area contributed by atoms with Gasteiger partial charge in [0.1, 0.15) is 0 Å². The van der Waals surface area contributed by atoms with Gasteiger partial charge >= 0.3 is 5.97 Å². The Labute approximate surface area is 139 Å². The van der Waals surface area contributed by atoms with E-state index in [4.69, 9.17) is 14.6 Å². The van der Waals surface area contributed by atoms with Crippen LogP contribution in [0.2, 0.25) is 0 Å². The molecule has 1 heterocycles. The number of anilines is 1. The first-order valence-electron chi connectivity index (χ1n) is 7.67. The maximum atomic E-state index is 10.8. The van der Waals surface area contributed by atoms with Gasteiger partial charge in [-0.2, -0.15) is 5.10 Å². The van der Waals surface area contributed by atoms with Gasteiger partial charge in [-0.25, -0.2) is 4.79 Å². The molecule has 2 aromatic carbocycles. The van der Waals surface area contributed by atoms with E-state index in [1.165, 1.54) is 12.1 Å². The van der Waals surface area contributed by atoms with Gasteiger partial charge in [0.05, 0.1) is 30.2 Å². The van der Waals surface area contributed by atoms with Gasteiger partial charge < -0.3 is 14.6 Å². The second-order valence-electron chi connectivity index (χ2n) is 5.40. The van der Waals surface area contributed by atoms with E-state index >= 15 is 0 Å². The molecule has 6 heteroatoms. The number of hydrogen-bond acceptors (Lipinski definition) is 5. The fraction of sp³-hybridized carbons (Fsp3) is 0.222. The van der Waals surface area contributed by atoms with Gasteiger partial charge in [-0.3, -0.25) is 5.43 Å². The molecule has 0 saturated carbocycles. The molecule has 0 radical (unpaired) electrons. The molecule has 0 bridgehead atoms. The van der Waals surface area contributed by atoms with Crippen molar-refractivity contribution in [3.05, 3.63) is 53.6 Å². The number of carbonyl (C=O) groups is 1. The van der Waals surface area contributed by atoms with Crippen LogP contribution >= 0.6 is 0 Å². The Bertz CT molecular complexity index is 769. The van der Waals surface area contributed by atoms with Crippen LogP contribution in [-0.2, 0) is 0 Å². The molecule has 1 aliphatic rings. The molecule has 124 valence electrons. The van der Waals surface area contributed by atoms with E-state index in [9.17, 15) is 4.79 Å². The average molecular weight is 326 g/mol. The smallest absolute Gasteiger partial charge is 0.335 e. The van der Waals surface area contributed by atoms with Gasteiger partial charge in [0.15, 0.2) is 11.5 Å². The van der Waals surface area contributed by atoms with E-state index in [1.54, 1.807) is 12.1 Å². The molecule has 1 aliphatic heterocycles. The lowest BCUT2D eigenvalue weighted by Crippen LogP contribution is -2.02. The van der Waals surface area contributed by atoms with Crippen molar-refractivity contribution >= 4 is 17.4 Å². The summed E-state index contributed by atoms with van der Waals surface area (Å²) >= 11 is 0. The molecule has 6 nitrogen and oxygen atoms in total. The summed E-state index contributed by atoms with van der Waals surface area (Å²) in [6, 6.07) is 12.1. The third-order valence-corrected chi connectivity index (χ3v) is 3.65. The summed E-state index contributed by atoms with van der Waals surface area (Å²) in [6.45, 7) is 3.19. The monoisotopic (exact) mass is 326 g/mol. The Morgan fingerprint density at radius 3 is 2.42 bits per heavy atom. The highest BCUT2D eigenvalue weighted by Crippen LogP contribution is 2.30. The zero-order chi connectivity index (χ0) is 16.9. The number of carboxylic acids is 1. The number of nitrogens with zero attached hydrogens (tertiary/aromatic N) is 1. The highest BCUT2D eigenvalue weighted by atomic mass is 16.5. The number of aromatic carboxylic acids is 1. The van der Waals surface area contributed by atoms with Gasteiger partial charge in [0.25, 0.3) is 0 Å². The molecule has 0 saturated heterocycles. The highest BCUT2D eigenvalue weighted by molar-refractivity contribution is 5.99. The van der Waals surface area contributed by atoms with Crippen LogP contribution in [0.4, 0.5) is 5.69 Å². The second-order valence-corrected chi connectivity index (χ2v) is 5.40. The standard InChI is InChI=1S/C18H18N2O4/c1-12(19-20-15-6-3-13(4-7-15)18(21)22)14-5-8-16-17(11-14)24-10-2-9-23-16/h3-8,11,20H,2,9-10H2,1H3,(H,21,22)/b19-12+. The topological polar surface area (TPSA) is 80.2 Å². The van der Waals surface area contributed by atoms with E-state index in [2.05, 4.69) is 10.5 Å². The predicted octanol–water partition coefficient (Wildman–Crippen LogP) is 3.38. The lowest BCUT2D eigenvalue weighted by molar-refractivity contribution is 0.0697. The average Bonchev–Trinajstić information content (AvgIpc) is 2.84. The highest BCUT2D eigenvalue weighted by Gasteiger charge is 2.11. The van der Waals surface area contributed by atoms with Gasteiger partial charge in [-0.1, -0.05) is 0 Å². The van der Waals surface area contributed by atoms with Crippen molar-refractivity contribution in [3.63, 3.8) is 0 Å². The molecular formula is C18H18N2O4. The van der Waals surface area contributed by atoms with E-state index in [0.29, 0.717) is 18.9 Å². The van der Waals surface area contributed by atoms with Crippen molar-refractivity contribution in [3.8, 4) is 11.5 Å². The number of benzene rings is 2. The van der Waals surface area contributed by atoms with Crippen molar-refractivity contribution in [1.82, 2.24) is 0 Å². The molecule has 2 N–H and O–H groups in total. The number of nitrogens with one attached hydrogen (secondary N) is 1. The summed E-state index contributed by atoms with van der Waals surface area (Å²) in [5.74, 6) is 0.528. The fourth-order valence-electron chi connectivity index (χ4n) is 2.29. The van der Waals surface area contributed by atoms with Crippen molar-refractivity contribution in [1.29, 1.82) is 0 Å². The SMILES string of the molecule is C/C(=N\Nc1ccc(C(=O)O)cc1)c1ccc2c(c1)OCCCO2. The Kier molecular flexibility index (Phi) is 4.65. The molecular weight excluding hydrogens is 308 g/mol. The van der Waals surface area contributed by atoms with Crippen molar-refractivity contribution in [2.75, 3.05) is 18.6 Å². The van der Waals surface area contributed by atoms with Crippen LogP contribution in [-0.4, -0.2) is 30.0 Å². The Morgan fingerprint density at radius 1 is 1.04 bits per heavy atom. The second kappa shape index (κ2) is 7.04. The fourth-order valence-corrected chi connectivity index (χ4v) is 2.29. The summed E-state index contributed by atoms with van der Waals surface area (Å²) in [5.41, 5.74) is 5.59. The van der Waals surface area contributed by atoms with Gasteiger partial charge in [-0.15, -0.1) is 0 Å². The first-order chi connectivity index (χ1) is 11.6. The number of carboxylic acid groups (broad SMARTS) is 1. The molecule has 0 aromatic heterocycles. The number of fused-ring (bicyclic) bond motifs is 1. The molecule has 24 heavy (non-hydrogen) atoms. The van der Waals surface area contributed by atoms with E-state index in [1.807, 2.05) is 25.1 Å². The largest absolute Gasteiger partial charge is 0.490 e. The van der Waals surface area contributed by atoms with Crippen LogP contribution in [0.3, 0.4) is 0 Å². The molecule has 0 unspecified atom stereocenters. The van der Waals surface area contributed by atoms with Crippen molar-refractivity contribution in [2.45, 2.75) is 13.3 Å². The van der Waals surface area contributed by atoms with Crippen LogP contribution < -0.4 is 14.9 Å². The van der Waals surface area contributed by atoms with E-state index < -0.39 is 5.97 Å². The Morgan fingerprint density at radius 2 is 1.71 bits per heavy atom. The maximum Gasteiger partial charge on any atom is 0.335 e. The lowest BCUT2D eigenvalue weighted by atomic mass is 10.1.